The second kappa shape index (κ2) is 9.54. The molecule has 0 aliphatic heterocycles. The van der Waals surface area contributed by atoms with Crippen molar-refractivity contribution in [3.8, 4) is 11.4 Å². The number of methoxy groups -OCH3 is 1. The summed E-state index contributed by atoms with van der Waals surface area (Å²) in [6.07, 6.45) is 1.34. The van der Waals surface area contributed by atoms with Crippen molar-refractivity contribution in [1.29, 1.82) is 0 Å². The van der Waals surface area contributed by atoms with Gasteiger partial charge in [0.15, 0.2) is 11.9 Å². The first-order valence-electron chi connectivity index (χ1n) is 9.30. The van der Waals surface area contributed by atoms with Crippen LogP contribution in [0.4, 0.5) is 0 Å². The molecular formula is C22H23N3O4. The van der Waals surface area contributed by atoms with Crippen LogP contribution in [0.1, 0.15) is 23.0 Å². The maximum absolute atomic E-state index is 12.5. The van der Waals surface area contributed by atoms with Crippen molar-refractivity contribution < 1.29 is 19.1 Å². The highest BCUT2D eigenvalue weighted by Gasteiger charge is 2.24. The fraction of sp³-hybridized carbons (Fsp3) is 0.227. The monoisotopic (exact) mass is 393 g/mol. The standard InChI is InChI=1S/C22H23N3O4/c1-16(21(26)23-14-13-17-9-5-3-6-10-17)29-22(27)20-19(28-2)15-25(24-20)18-11-7-4-8-12-18/h3-12,15-16H,13-14H2,1-2H3,(H,23,26)/t16-/m0/s1. The zero-order chi connectivity index (χ0) is 20.6. The normalized spacial score (nSPS) is 11.5. The van der Waals surface area contributed by atoms with Crippen LogP contribution in [0.2, 0.25) is 0 Å². The molecule has 1 aromatic heterocycles. The first-order chi connectivity index (χ1) is 14.1. The minimum Gasteiger partial charge on any atom is -0.493 e. The van der Waals surface area contributed by atoms with Crippen molar-refractivity contribution in [2.75, 3.05) is 13.7 Å². The molecule has 29 heavy (non-hydrogen) atoms. The van der Waals surface area contributed by atoms with Crippen LogP contribution in [0.5, 0.6) is 5.75 Å². The summed E-state index contributed by atoms with van der Waals surface area (Å²) in [5, 5.41) is 7.03. The number of benzene rings is 2. The van der Waals surface area contributed by atoms with E-state index in [4.69, 9.17) is 9.47 Å². The van der Waals surface area contributed by atoms with Crippen LogP contribution in [0.3, 0.4) is 0 Å². The number of carbonyl (C=O) groups excluding carboxylic acids is 2. The van der Waals surface area contributed by atoms with Gasteiger partial charge in [-0.15, -0.1) is 0 Å². The number of hydrogen-bond acceptors (Lipinski definition) is 5. The maximum Gasteiger partial charge on any atom is 0.363 e. The van der Waals surface area contributed by atoms with Crippen molar-refractivity contribution in [3.63, 3.8) is 0 Å². The van der Waals surface area contributed by atoms with Crippen LogP contribution in [0.15, 0.2) is 66.9 Å². The average molecular weight is 393 g/mol. The Balaban J connectivity index is 1.59. The molecule has 0 fully saturated rings. The summed E-state index contributed by atoms with van der Waals surface area (Å²) in [6, 6.07) is 19.1. The molecular weight excluding hydrogens is 370 g/mol. The number of rotatable bonds is 8. The van der Waals surface area contributed by atoms with Crippen LogP contribution in [-0.4, -0.2) is 41.4 Å². The number of nitrogens with zero attached hydrogens (tertiary/aromatic N) is 2. The minimum absolute atomic E-state index is 0.0142. The molecule has 3 rings (SSSR count). The van der Waals surface area contributed by atoms with Crippen molar-refractivity contribution in [1.82, 2.24) is 15.1 Å². The average Bonchev–Trinajstić information content (AvgIpc) is 3.20. The lowest BCUT2D eigenvalue weighted by Crippen LogP contribution is -2.37. The van der Waals surface area contributed by atoms with Gasteiger partial charge in [0.1, 0.15) is 0 Å². The summed E-state index contributed by atoms with van der Waals surface area (Å²) in [5.74, 6) is -0.812. The third-order valence-electron chi connectivity index (χ3n) is 4.32. The molecule has 7 nitrogen and oxygen atoms in total. The number of carbonyl (C=O) groups is 2. The van der Waals surface area contributed by atoms with E-state index in [9.17, 15) is 9.59 Å². The van der Waals surface area contributed by atoms with Gasteiger partial charge in [-0.1, -0.05) is 48.5 Å². The summed E-state index contributed by atoms with van der Waals surface area (Å²) in [5.41, 5.74) is 1.91. The molecule has 0 unspecified atom stereocenters. The Morgan fingerprint density at radius 3 is 2.38 bits per heavy atom. The van der Waals surface area contributed by atoms with Gasteiger partial charge in [0.2, 0.25) is 5.69 Å². The van der Waals surface area contributed by atoms with Gasteiger partial charge in [-0.2, -0.15) is 5.10 Å². The van der Waals surface area contributed by atoms with Crippen molar-refractivity contribution in [2.45, 2.75) is 19.4 Å². The number of hydrogen-bond donors (Lipinski definition) is 1. The van der Waals surface area contributed by atoms with E-state index in [1.807, 2.05) is 60.7 Å². The van der Waals surface area contributed by atoms with Crippen LogP contribution < -0.4 is 10.1 Å². The van der Waals surface area contributed by atoms with Crippen molar-refractivity contribution in [3.05, 3.63) is 78.1 Å². The minimum atomic E-state index is -0.954. The van der Waals surface area contributed by atoms with E-state index in [0.29, 0.717) is 13.0 Å². The second-order valence-electron chi connectivity index (χ2n) is 6.40. The fourth-order valence-corrected chi connectivity index (χ4v) is 2.75. The first kappa shape index (κ1) is 20.1. The largest absolute Gasteiger partial charge is 0.493 e. The molecule has 1 N–H and O–H groups in total. The lowest BCUT2D eigenvalue weighted by molar-refractivity contribution is -0.129. The number of ether oxygens (including phenoxy) is 2. The molecule has 7 heteroatoms. The van der Waals surface area contributed by atoms with Crippen LogP contribution in [0.25, 0.3) is 5.69 Å². The third kappa shape index (κ3) is 5.22. The number of aromatic nitrogens is 2. The Morgan fingerprint density at radius 1 is 1.07 bits per heavy atom. The molecule has 3 aromatic rings. The highest BCUT2D eigenvalue weighted by molar-refractivity contribution is 5.92. The number of esters is 1. The maximum atomic E-state index is 12.5. The molecule has 150 valence electrons. The fourth-order valence-electron chi connectivity index (χ4n) is 2.75. The van der Waals surface area contributed by atoms with E-state index in [0.717, 1.165) is 11.3 Å². The van der Waals surface area contributed by atoms with Crippen LogP contribution >= 0.6 is 0 Å². The quantitative estimate of drug-likeness (QED) is 0.595. The van der Waals surface area contributed by atoms with Crippen LogP contribution in [-0.2, 0) is 16.0 Å². The highest BCUT2D eigenvalue weighted by Crippen LogP contribution is 2.20. The van der Waals surface area contributed by atoms with Gasteiger partial charge in [0.05, 0.1) is 19.0 Å². The molecule has 0 aliphatic carbocycles. The van der Waals surface area contributed by atoms with E-state index < -0.39 is 12.1 Å². The number of para-hydroxylation sites is 1. The summed E-state index contributed by atoms with van der Waals surface area (Å²) < 4.78 is 12.1. The van der Waals surface area contributed by atoms with E-state index in [1.54, 1.807) is 6.20 Å². The van der Waals surface area contributed by atoms with E-state index in [2.05, 4.69) is 10.4 Å². The van der Waals surface area contributed by atoms with E-state index >= 15 is 0 Å². The van der Waals surface area contributed by atoms with E-state index in [-0.39, 0.29) is 17.4 Å². The summed E-state index contributed by atoms with van der Waals surface area (Å²) in [6.45, 7) is 1.98. The van der Waals surface area contributed by atoms with Gasteiger partial charge in [-0.25, -0.2) is 9.48 Å². The van der Waals surface area contributed by atoms with Crippen LogP contribution in [0, 0.1) is 0 Å². The van der Waals surface area contributed by atoms with Gasteiger partial charge in [-0.3, -0.25) is 4.79 Å². The highest BCUT2D eigenvalue weighted by atomic mass is 16.6. The topological polar surface area (TPSA) is 82.5 Å². The zero-order valence-corrected chi connectivity index (χ0v) is 16.4. The lowest BCUT2D eigenvalue weighted by Gasteiger charge is -2.13. The van der Waals surface area contributed by atoms with Gasteiger partial charge in [0.25, 0.3) is 5.91 Å². The third-order valence-corrected chi connectivity index (χ3v) is 4.32. The van der Waals surface area contributed by atoms with Gasteiger partial charge < -0.3 is 14.8 Å². The summed E-state index contributed by atoms with van der Waals surface area (Å²) in [7, 11) is 1.45. The molecule has 0 spiro atoms. The Labute approximate surface area is 169 Å². The SMILES string of the molecule is COc1cn(-c2ccccc2)nc1C(=O)O[C@@H](C)C(=O)NCCc1ccccc1. The molecule has 1 atom stereocenters. The van der Waals surface area contributed by atoms with Gasteiger partial charge in [-0.05, 0) is 31.0 Å². The molecule has 2 aromatic carbocycles. The molecule has 1 amide bonds. The molecule has 0 bridgehead atoms. The molecule has 0 radical (unpaired) electrons. The molecule has 0 saturated heterocycles. The number of nitrogens with one attached hydrogen (secondary N) is 1. The second-order valence-corrected chi connectivity index (χ2v) is 6.40. The summed E-state index contributed by atoms with van der Waals surface area (Å²) >= 11 is 0. The van der Waals surface area contributed by atoms with E-state index in [1.165, 1.54) is 18.7 Å². The Morgan fingerprint density at radius 2 is 1.72 bits per heavy atom. The summed E-state index contributed by atoms with van der Waals surface area (Å²) in [4.78, 5) is 24.8. The zero-order valence-electron chi connectivity index (χ0n) is 16.4. The Hall–Kier alpha value is -3.61. The predicted octanol–water partition coefficient (Wildman–Crippen LogP) is 2.79. The predicted molar refractivity (Wildman–Crippen MR) is 108 cm³/mol. The Kier molecular flexibility index (Phi) is 6.63. The smallest absolute Gasteiger partial charge is 0.363 e. The van der Waals surface area contributed by atoms with Gasteiger partial charge >= 0.3 is 5.97 Å². The molecule has 1 heterocycles. The number of amides is 1. The lowest BCUT2D eigenvalue weighted by atomic mass is 10.1. The van der Waals surface area contributed by atoms with Crippen molar-refractivity contribution >= 4 is 11.9 Å². The first-order valence-corrected chi connectivity index (χ1v) is 9.30. The molecule has 0 aliphatic rings. The molecule has 0 saturated carbocycles. The van der Waals surface area contributed by atoms with Gasteiger partial charge in [0, 0.05) is 6.54 Å². The Bertz CT molecular complexity index is 955. The van der Waals surface area contributed by atoms with Crippen molar-refractivity contribution in [2.24, 2.45) is 0 Å².